The van der Waals surface area contributed by atoms with E-state index < -0.39 is 0 Å². The minimum Gasteiger partial charge on any atom is -0.310 e. The maximum Gasteiger partial charge on any atom is 0.0543 e. The SMILES string of the molecule is CC1(C)c2ccccc2-c2c(N(c3ccc(-c4ccc5ccccc5c4)cc3)c3ccc4ccc5c6ccccc6ccc5c4c3)cccc21. The molecule has 0 bridgehead atoms. The molecule has 1 nitrogen and oxygen atoms in total. The van der Waals surface area contributed by atoms with E-state index >= 15 is 0 Å². The van der Waals surface area contributed by atoms with Gasteiger partial charge in [0.15, 0.2) is 0 Å². The van der Waals surface area contributed by atoms with E-state index in [1.807, 2.05) is 0 Å². The summed E-state index contributed by atoms with van der Waals surface area (Å²) in [6, 6.07) is 65.0. The zero-order valence-corrected chi connectivity index (χ0v) is 28.2. The molecule has 0 amide bonds. The molecule has 0 N–H and O–H groups in total. The Balaban J connectivity index is 1.20. The second-order valence-corrected chi connectivity index (χ2v) is 14.2. The average Bonchev–Trinajstić information content (AvgIpc) is 3.41. The summed E-state index contributed by atoms with van der Waals surface area (Å²) in [5.41, 5.74) is 11.2. The molecule has 0 saturated heterocycles. The lowest BCUT2D eigenvalue weighted by Gasteiger charge is -2.29. The van der Waals surface area contributed by atoms with Crippen molar-refractivity contribution in [3.05, 3.63) is 187 Å². The molecule has 0 saturated carbocycles. The predicted octanol–water partition coefficient (Wildman–Crippen LogP) is 13.7. The van der Waals surface area contributed by atoms with Gasteiger partial charge in [-0.15, -0.1) is 0 Å². The van der Waals surface area contributed by atoms with Gasteiger partial charge in [-0.2, -0.15) is 0 Å². The first kappa shape index (κ1) is 28.8. The van der Waals surface area contributed by atoms with Gasteiger partial charge in [0.25, 0.3) is 0 Å². The number of hydrogen-bond donors (Lipinski definition) is 0. The molecule has 9 aromatic rings. The summed E-state index contributed by atoms with van der Waals surface area (Å²) in [7, 11) is 0. The summed E-state index contributed by atoms with van der Waals surface area (Å²) in [6.45, 7) is 4.72. The molecule has 0 spiro atoms. The zero-order valence-electron chi connectivity index (χ0n) is 28.2. The Morgan fingerprint density at radius 2 is 0.980 bits per heavy atom. The normalized spacial score (nSPS) is 13.2. The molecule has 1 aliphatic carbocycles. The van der Waals surface area contributed by atoms with Gasteiger partial charge in [-0.25, -0.2) is 0 Å². The van der Waals surface area contributed by atoms with Crippen molar-refractivity contribution in [1.82, 2.24) is 0 Å². The van der Waals surface area contributed by atoms with Crippen molar-refractivity contribution in [2.75, 3.05) is 4.90 Å². The smallest absolute Gasteiger partial charge is 0.0543 e. The molecule has 0 heterocycles. The van der Waals surface area contributed by atoms with Crippen molar-refractivity contribution in [2.24, 2.45) is 0 Å². The van der Waals surface area contributed by atoms with E-state index in [-0.39, 0.29) is 5.41 Å². The van der Waals surface area contributed by atoms with Crippen LogP contribution in [0.1, 0.15) is 25.0 Å². The van der Waals surface area contributed by atoms with E-state index in [0.29, 0.717) is 0 Å². The van der Waals surface area contributed by atoms with Crippen LogP contribution < -0.4 is 4.90 Å². The molecule has 1 heteroatoms. The Kier molecular flexibility index (Phi) is 6.29. The van der Waals surface area contributed by atoms with Crippen LogP contribution in [0.5, 0.6) is 0 Å². The fourth-order valence-electron chi connectivity index (χ4n) is 8.47. The standard InChI is InChI=1S/C49H35N/c1-49(2)45-15-8-7-14-43(45)48-46(49)16-9-17-47(48)50(38-25-20-33(21-26-38)37-19-18-32-10-3-4-12-36(32)30-37)39-27-22-35-24-28-41-40-13-6-5-11-34(40)23-29-42(41)44(35)31-39/h3-31H,1-2H3. The van der Waals surface area contributed by atoms with E-state index in [9.17, 15) is 0 Å². The van der Waals surface area contributed by atoms with Gasteiger partial charge in [0.1, 0.15) is 0 Å². The molecule has 10 rings (SSSR count). The fraction of sp³-hybridized carbons (Fsp3) is 0.0612. The highest BCUT2D eigenvalue weighted by Crippen LogP contribution is 2.54. The third-order valence-electron chi connectivity index (χ3n) is 11.0. The molecule has 1 aliphatic rings. The van der Waals surface area contributed by atoms with Crippen LogP contribution in [-0.2, 0) is 5.41 Å². The molecular formula is C49H35N. The maximum atomic E-state index is 2.47. The summed E-state index contributed by atoms with van der Waals surface area (Å²) in [5.74, 6) is 0. The summed E-state index contributed by atoms with van der Waals surface area (Å²) in [5, 5.41) is 10.1. The predicted molar refractivity (Wildman–Crippen MR) is 214 cm³/mol. The first-order valence-electron chi connectivity index (χ1n) is 17.5. The lowest BCUT2D eigenvalue weighted by atomic mass is 9.82. The van der Waals surface area contributed by atoms with Crippen LogP contribution in [0.25, 0.3) is 65.3 Å². The molecule has 0 fully saturated rings. The minimum atomic E-state index is -0.0891. The molecule has 0 radical (unpaired) electrons. The van der Waals surface area contributed by atoms with Gasteiger partial charge in [-0.3, -0.25) is 0 Å². The van der Waals surface area contributed by atoms with Crippen LogP contribution in [0.4, 0.5) is 17.1 Å². The maximum absolute atomic E-state index is 2.47. The van der Waals surface area contributed by atoms with Gasteiger partial charge in [-0.1, -0.05) is 153 Å². The highest BCUT2D eigenvalue weighted by Gasteiger charge is 2.37. The molecule has 0 aliphatic heterocycles. The largest absolute Gasteiger partial charge is 0.310 e. The third-order valence-corrected chi connectivity index (χ3v) is 11.0. The molecule has 0 atom stereocenters. The zero-order chi connectivity index (χ0) is 33.4. The van der Waals surface area contributed by atoms with Gasteiger partial charge in [0.2, 0.25) is 0 Å². The van der Waals surface area contributed by atoms with Crippen LogP contribution in [0.15, 0.2) is 176 Å². The fourth-order valence-corrected chi connectivity index (χ4v) is 8.47. The van der Waals surface area contributed by atoms with Gasteiger partial charge in [0, 0.05) is 22.4 Å². The first-order valence-corrected chi connectivity index (χ1v) is 17.5. The van der Waals surface area contributed by atoms with Crippen molar-refractivity contribution in [3.63, 3.8) is 0 Å². The van der Waals surface area contributed by atoms with Gasteiger partial charge < -0.3 is 4.90 Å². The summed E-state index contributed by atoms with van der Waals surface area (Å²) in [6.07, 6.45) is 0. The third kappa shape index (κ3) is 4.33. The monoisotopic (exact) mass is 637 g/mol. The van der Waals surface area contributed by atoms with Crippen molar-refractivity contribution in [1.29, 1.82) is 0 Å². The Hall–Kier alpha value is -6.18. The second-order valence-electron chi connectivity index (χ2n) is 14.2. The molecule has 236 valence electrons. The van der Waals surface area contributed by atoms with Crippen LogP contribution in [0, 0.1) is 0 Å². The number of fused-ring (bicyclic) bond motifs is 9. The van der Waals surface area contributed by atoms with Crippen molar-refractivity contribution < 1.29 is 0 Å². The van der Waals surface area contributed by atoms with Gasteiger partial charge >= 0.3 is 0 Å². The van der Waals surface area contributed by atoms with Crippen molar-refractivity contribution in [3.8, 4) is 22.3 Å². The second kappa shape index (κ2) is 10.9. The topological polar surface area (TPSA) is 3.24 Å². The number of nitrogens with zero attached hydrogens (tertiary/aromatic N) is 1. The molecule has 0 unspecified atom stereocenters. The van der Waals surface area contributed by atoms with Crippen LogP contribution in [-0.4, -0.2) is 0 Å². The van der Waals surface area contributed by atoms with Crippen molar-refractivity contribution in [2.45, 2.75) is 19.3 Å². The van der Waals surface area contributed by atoms with E-state index in [4.69, 9.17) is 0 Å². The number of anilines is 3. The molecule has 50 heavy (non-hydrogen) atoms. The highest BCUT2D eigenvalue weighted by molar-refractivity contribution is 6.18. The Labute approximate surface area is 292 Å². The lowest BCUT2D eigenvalue weighted by Crippen LogP contribution is -2.16. The van der Waals surface area contributed by atoms with E-state index in [0.717, 1.165) is 11.4 Å². The molecule has 0 aromatic heterocycles. The Morgan fingerprint density at radius 3 is 1.82 bits per heavy atom. The highest BCUT2D eigenvalue weighted by atomic mass is 15.1. The number of rotatable bonds is 4. The number of benzene rings is 9. The Bertz CT molecular complexity index is 2790. The first-order chi connectivity index (χ1) is 24.5. The average molecular weight is 638 g/mol. The minimum absolute atomic E-state index is 0.0891. The van der Waals surface area contributed by atoms with E-state index in [2.05, 4.69) is 195 Å². The van der Waals surface area contributed by atoms with Gasteiger partial charge in [0.05, 0.1) is 5.69 Å². The van der Waals surface area contributed by atoms with Crippen molar-refractivity contribution >= 4 is 60.2 Å². The van der Waals surface area contributed by atoms with Gasteiger partial charge in [-0.05, 0) is 107 Å². The van der Waals surface area contributed by atoms with Crippen LogP contribution in [0.2, 0.25) is 0 Å². The quantitative estimate of drug-likeness (QED) is 0.174. The summed E-state index contributed by atoms with van der Waals surface area (Å²) in [4.78, 5) is 2.47. The van der Waals surface area contributed by atoms with E-state index in [1.165, 1.54) is 82.2 Å². The lowest BCUT2D eigenvalue weighted by molar-refractivity contribution is 0.660. The summed E-state index contributed by atoms with van der Waals surface area (Å²) < 4.78 is 0. The Morgan fingerprint density at radius 1 is 0.380 bits per heavy atom. The molecule has 9 aromatic carbocycles. The van der Waals surface area contributed by atoms with Crippen LogP contribution >= 0.6 is 0 Å². The molecular weight excluding hydrogens is 603 g/mol. The van der Waals surface area contributed by atoms with E-state index in [1.54, 1.807) is 0 Å². The van der Waals surface area contributed by atoms with Crippen LogP contribution in [0.3, 0.4) is 0 Å². The summed E-state index contributed by atoms with van der Waals surface area (Å²) >= 11 is 0. The number of hydrogen-bond acceptors (Lipinski definition) is 1.